The highest BCUT2D eigenvalue weighted by Crippen LogP contribution is 1.92. The molecule has 0 aliphatic heterocycles. The Kier molecular flexibility index (Phi) is 4.59. The summed E-state index contributed by atoms with van der Waals surface area (Å²) in [7, 11) is 0. The normalized spacial score (nSPS) is 12.0. The lowest BCUT2D eigenvalue weighted by Crippen LogP contribution is -2.09. The fourth-order valence-electron chi connectivity index (χ4n) is 0.477. The number of carbonyl (C=O) groups is 1. The Balaban J connectivity index is 3.79. The van der Waals surface area contributed by atoms with Gasteiger partial charge in [0, 0.05) is 5.92 Å². The number of rotatable bonds is 3. The molecule has 0 spiro atoms. The van der Waals surface area contributed by atoms with E-state index in [4.69, 9.17) is 11.2 Å². The van der Waals surface area contributed by atoms with Crippen LogP contribution in [0.2, 0.25) is 0 Å². The van der Waals surface area contributed by atoms with Crippen LogP contribution in [0.15, 0.2) is 24.8 Å². The van der Waals surface area contributed by atoms with Gasteiger partial charge in [-0.15, -0.1) is 6.42 Å². The minimum atomic E-state index is -0.647. The van der Waals surface area contributed by atoms with Crippen molar-refractivity contribution in [2.75, 3.05) is 0 Å². The summed E-state index contributed by atoms with van der Waals surface area (Å²) in [6.45, 7) is 5.18. The summed E-state index contributed by atoms with van der Waals surface area (Å²) in [6.07, 6.45) is 9.45. The molecule has 0 aromatic carbocycles. The number of hydrogen-bond acceptors (Lipinski definition) is 2. The van der Waals surface area contributed by atoms with E-state index < -0.39 is 5.97 Å². The molecule has 0 radical (unpaired) electrons. The van der Waals surface area contributed by atoms with Crippen molar-refractivity contribution in [3.05, 3.63) is 24.8 Å². The predicted octanol–water partition coefficient (Wildman–Crippen LogP) is 1.29. The van der Waals surface area contributed by atoms with Crippen molar-refractivity contribution in [2.24, 2.45) is 0 Å². The average molecular weight is 150 g/mol. The summed E-state index contributed by atoms with van der Waals surface area (Å²) >= 11 is 0. The molecule has 0 saturated heterocycles. The summed E-state index contributed by atoms with van der Waals surface area (Å²) in [5.41, 5.74) is 0. The predicted molar refractivity (Wildman–Crippen MR) is 43.7 cm³/mol. The Labute approximate surface area is 66.6 Å². The maximum atomic E-state index is 10.5. The fraction of sp³-hybridized carbons (Fsp3) is 0.222. The van der Waals surface area contributed by atoms with Crippen LogP contribution in [0.3, 0.4) is 0 Å². The van der Waals surface area contributed by atoms with Crippen LogP contribution in [0.5, 0.6) is 0 Å². The first kappa shape index (κ1) is 9.51. The van der Waals surface area contributed by atoms with E-state index in [1.165, 1.54) is 0 Å². The lowest BCUT2D eigenvalue weighted by molar-refractivity contribution is -0.139. The van der Waals surface area contributed by atoms with E-state index in [0.717, 1.165) is 0 Å². The molecule has 0 aliphatic carbocycles. The Morgan fingerprint density at radius 1 is 1.82 bits per heavy atom. The minimum Gasteiger partial charge on any atom is -0.449 e. The molecule has 0 bridgehead atoms. The summed E-state index contributed by atoms with van der Waals surface area (Å²) in [6, 6.07) is 0. The van der Waals surface area contributed by atoms with Crippen LogP contribution >= 0.6 is 0 Å². The van der Waals surface area contributed by atoms with Gasteiger partial charge < -0.3 is 4.74 Å². The molecule has 0 aromatic rings. The first-order valence-corrected chi connectivity index (χ1v) is 3.17. The van der Waals surface area contributed by atoms with Crippen molar-refractivity contribution in [2.45, 2.75) is 13.0 Å². The number of hydrogen-bond donors (Lipinski definition) is 0. The number of ether oxygens (including phenoxy) is 1. The monoisotopic (exact) mass is 150 g/mol. The van der Waals surface area contributed by atoms with E-state index in [-0.39, 0.29) is 6.10 Å². The molecule has 1 unspecified atom stereocenters. The SMILES string of the molecule is C#CC(=O)OC(C)/C=C/C=C. The summed E-state index contributed by atoms with van der Waals surface area (Å²) in [5.74, 6) is 1.20. The highest BCUT2D eigenvalue weighted by molar-refractivity contribution is 5.87. The van der Waals surface area contributed by atoms with E-state index in [2.05, 4.69) is 6.58 Å². The van der Waals surface area contributed by atoms with Gasteiger partial charge in [0.1, 0.15) is 6.10 Å². The molecule has 1 atom stereocenters. The minimum absolute atomic E-state index is 0.295. The number of terminal acetylenes is 1. The topological polar surface area (TPSA) is 26.3 Å². The van der Waals surface area contributed by atoms with Crippen LogP contribution in [0.25, 0.3) is 0 Å². The highest BCUT2D eigenvalue weighted by Gasteiger charge is 2.00. The van der Waals surface area contributed by atoms with Gasteiger partial charge in [-0.25, -0.2) is 4.79 Å². The lowest BCUT2D eigenvalue weighted by Gasteiger charge is -2.03. The number of allylic oxidation sites excluding steroid dienone is 2. The molecule has 58 valence electrons. The van der Waals surface area contributed by atoms with Gasteiger partial charge in [0.2, 0.25) is 0 Å². The maximum absolute atomic E-state index is 10.5. The van der Waals surface area contributed by atoms with Gasteiger partial charge in [-0.2, -0.15) is 0 Å². The second-order valence-electron chi connectivity index (χ2n) is 1.88. The smallest absolute Gasteiger partial charge is 0.384 e. The third-order valence-electron chi connectivity index (χ3n) is 0.929. The summed E-state index contributed by atoms with van der Waals surface area (Å²) in [5, 5.41) is 0. The first-order chi connectivity index (χ1) is 5.20. The van der Waals surface area contributed by atoms with Gasteiger partial charge in [0.25, 0.3) is 0 Å². The molecule has 0 N–H and O–H groups in total. The van der Waals surface area contributed by atoms with Crippen molar-refractivity contribution in [3.8, 4) is 12.3 Å². The van der Waals surface area contributed by atoms with Crippen LogP contribution in [-0.4, -0.2) is 12.1 Å². The van der Waals surface area contributed by atoms with E-state index in [1.807, 2.05) is 5.92 Å². The largest absolute Gasteiger partial charge is 0.449 e. The van der Waals surface area contributed by atoms with E-state index in [9.17, 15) is 4.79 Å². The molecule has 0 rings (SSSR count). The van der Waals surface area contributed by atoms with Crippen molar-refractivity contribution in [1.29, 1.82) is 0 Å². The van der Waals surface area contributed by atoms with Crippen LogP contribution in [0.1, 0.15) is 6.92 Å². The molecule has 0 amide bonds. The van der Waals surface area contributed by atoms with Crippen molar-refractivity contribution in [1.82, 2.24) is 0 Å². The summed E-state index contributed by atoms with van der Waals surface area (Å²) < 4.78 is 4.69. The second-order valence-corrected chi connectivity index (χ2v) is 1.88. The third-order valence-corrected chi connectivity index (χ3v) is 0.929. The highest BCUT2D eigenvalue weighted by atomic mass is 16.5. The zero-order chi connectivity index (χ0) is 8.69. The van der Waals surface area contributed by atoms with Crippen molar-refractivity contribution in [3.63, 3.8) is 0 Å². The lowest BCUT2D eigenvalue weighted by atomic mass is 10.3. The van der Waals surface area contributed by atoms with E-state index >= 15 is 0 Å². The van der Waals surface area contributed by atoms with Crippen LogP contribution < -0.4 is 0 Å². The Hall–Kier alpha value is -1.49. The number of carbonyl (C=O) groups excluding carboxylic acids is 1. The standard InChI is InChI=1S/C9H10O2/c1-4-6-7-8(3)11-9(10)5-2/h2,4,6-8H,1H2,3H3/b7-6+. The fourth-order valence-corrected chi connectivity index (χ4v) is 0.477. The van der Waals surface area contributed by atoms with Crippen LogP contribution in [0.4, 0.5) is 0 Å². The Morgan fingerprint density at radius 3 is 2.91 bits per heavy atom. The quantitative estimate of drug-likeness (QED) is 0.262. The molecule has 0 saturated carbocycles. The van der Waals surface area contributed by atoms with E-state index in [1.54, 1.807) is 25.2 Å². The van der Waals surface area contributed by atoms with E-state index in [0.29, 0.717) is 0 Å². The van der Waals surface area contributed by atoms with Gasteiger partial charge >= 0.3 is 5.97 Å². The molecular weight excluding hydrogens is 140 g/mol. The third kappa shape index (κ3) is 4.98. The zero-order valence-electron chi connectivity index (χ0n) is 6.41. The van der Waals surface area contributed by atoms with Gasteiger partial charge in [-0.1, -0.05) is 18.7 Å². The molecule has 0 aliphatic rings. The van der Waals surface area contributed by atoms with Gasteiger partial charge in [-0.3, -0.25) is 0 Å². The van der Waals surface area contributed by atoms with Crippen LogP contribution in [-0.2, 0) is 9.53 Å². The molecule has 2 heteroatoms. The second kappa shape index (κ2) is 5.31. The van der Waals surface area contributed by atoms with Crippen molar-refractivity contribution >= 4 is 5.97 Å². The molecule has 0 fully saturated rings. The molecule has 2 nitrogen and oxygen atoms in total. The van der Waals surface area contributed by atoms with Gasteiger partial charge in [-0.05, 0) is 13.0 Å². The first-order valence-electron chi connectivity index (χ1n) is 3.17. The Morgan fingerprint density at radius 2 is 2.45 bits per heavy atom. The van der Waals surface area contributed by atoms with Crippen molar-refractivity contribution < 1.29 is 9.53 Å². The van der Waals surface area contributed by atoms with Gasteiger partial charge in [0.05, 0.1) is 0 Å². The Bertz CT molecular complexity index is 208. The maximum Gasteiger partial charge on any atom is 0.384 e. The van der Waals surface area contributed by atoms with Crippen LogP contribution in [0, 0.1) is 12.3 Å². The zero-order valence-corrected chi connectivity index (χ0v) is 6.41. The summed E-state index contributed by atoms with van der Waals surface area (Å²) in [4.78, 5) is 10.5. The molecule has 0 aromatic heterocycles. The molecule has 11 heavy (non-hydrogen) atoms. The molecule has 0 heterocycles. The average Bonchev–Trinajstić information content (AvgIpc) is 2.00. The van der Waals surface area contributed by atoms with Gasteiger partial charge in [0.15, 0.2) is 0 Å². The number of esters is 1. The molecular formula is C9H10O2.